The van der Waals surface area contributed by atoms with Crippen LogP contribution in [0.3, 0.4) is 0 Å². The van der Waals surface area contributed by atoms with Crippen LogP contribution in [0.25, 0.3) is 0 Å². The number of carbonyl (C=O) groups excluding carboxylic acids is 1. The molecule has 2 aromatic heterocycles. The summed E-state index contributed by atoms with van der Waals surface area (Å²) in [7, 11) is 0. The van der Waals surface area contributed by atoms with Crippen molar-refractivity contribution in [2.24, 2.45) is 0 Å². The Morgan fingerprint density at radius 1 is 1.41 bits per heavy atom. The predicted octanol–water partition coefficient (Wildman–Crippen LogP) is 2.07. The van der Waals surface area contributed by atoms with Crippen LogP contribution in [0.15, 0.2) is 28.1 Å². The van der Waals surface area contributed by atoms with Crippen LogP contribution >= 0.6 is 11.3 Å². The van der Waals surface area contributed by atoms with Crippen molar-refractivity contribution >= 4 is 17.4 Å². The van der Waals surface area contributed by atoms with E-state index in [0.29, 0.717) is 12.3 Å². The van der Waals surface area contributed by atoms with Crippen molar-refractivity contribution in [2.75, 3.05) is 26.2 Å². The standard InChI is InChI=1S/C15H20N4O2S/c1-12-9-13(21-17-12)10-16-15(20)19-6-4-18(5-7-19)11-14-3-2-8-22-14/h2-3,8-9H,4-7,10-11H2,1H3,(H,16,20). The molecule has 0 aromatic carbocycles. The van der Waals surface area contributed by atoms with E-state index in [0.717, 1.165) is 38.4 Å². The van der Waals surface area contributed by atoms with Crippen LogP contribution in [0.1, 0.15) is 16.3 Å². The van der Waals surface area contributed by atoms with Gasteiger partial charge in [0.05, 0.1) is 12.2 Å². The summed E-state index contributed by atoms with van der Waals surface area (Å²) in [6.45, 7) is 6.56. The molecule has 1 saturated heterocycles. The fourth-order valence-corrected chi connectivity index (χ4v) is 3.25. The van der Waals surface area contributed by atoms with Crippen molar-refractivity contribution in [2.45, 2.75) is 20.0 Å². The number of nitrogens with zero attached hydrogens (tertiary/aromatic N) is 3. The summed E-state index contributed by atoms with van der Waals surface area (Å²) >= 11 is 1.78. The summed E-state index contributed by atoms with van der Waals surface area (Å²) in [6, 6.07) is 6.03. The molecular formula is C15H20N4O2S. The van der Waals surface area contributed by atoms with Crippen molar-refractivity contribution < 1.29 is 9.32 Å². The molecule has 0 bridgehead atoms. The Hall–Kier alpha value is -1.86. The molecule has 118 valence electrons. The maximum Gasteiger partial charge on any atom is 0.317 e. The Morgan fingerprint density at radius 2 is 2.23 bits per heavy atom. The van der Waals surface area contributed by atoms with Gasteiger partial charge in [0.25, 0.3) is 0 Å². The number of nitrogens with one attached hydrogen (secondary N) is 1. The summed E-state index contributed by atoms with van der Waals surface area (Å²) in [6.07, 6.45) is 0. The third kappa shape index (κ3) is 3.86. The zero-order valence-corrected chi connectivity index (χ0v) is 13.4. The number of rotatable bonds is 4. The van der Waals surface area contributed by atoms with Gasteiger partial charge in [-0.05, 0) is 18.4 Å². The van der Waals surface area contributed by atoms with E-state index >= 15 is 0 Å². The molecule has 1 aliphatic rings. The normalized spacial score (nSPS) is 16.0. The number of aryl methyl sites for hydroxylation is 1. The molecule has 1 N–H and O–H groups in total. The zero-order valence-electron chi connectivity index (χ0n) is 12.6. The number of amides is 2. The van der Waals surface area contributed by atoms with E-state index in [4.69, 9.17) is 4.52 Å². The number of thiophene rings is 1. The highest BCUT2D eigenvalue weighted by Crippen LogP contribution is 2.13. The number of carbonyl (C=O) groups is 1. The second kappa shape index (κ2) is 6.93. The van der Waals surface area contributed by atoms with Crippen LogP contribution in [0.2, 0.25) is 0 Å². The SMILES string of the molecule is Cc1cc(CNC(=O)N2CCN(Cc3cccs3)CC2)on1. The van der Waals surface area contributed by atoms with E-state index in [1.54, 1.807) is 11.3 Å². The van der Waals surface area contributed by atoms with Gasteiger partial charge in [-0.2, -0.15) is 0 Å². The van der Waals surface area contributed by atoms with E-state index < -0.39 is 0 Å². The molecule has 2 aromatic rings. The fraction of sp³-hybridized carbons (Fsp3) is 0.467. The van der Waals surface area contributed by atoms with Gasteiger partial charge in [-0.3, -0.25) is 4.90 Å². The Kier molecular flexibility index (Phi) is 4.74. The van der Waals surface area contributed by atoms with Crippen molar-refractivity contribution in [1.82, 2.24) is 20.3 Å². The summed E-state index contributed by atoms with van der Waals surface area (Å²) in [5.41, 5.74) is 0.825. The topological polar surface area (TPSA) is 61.6 Å². The van der Waals surface area contributed by atoms with Crippen LogP contribution in [-0.2, 0) is 13.1 Å². The molecule has 0 saturated carbocycles. The summed E-state index contributed by atoms with van der Waals surface area (Å²) in [4.78, 5) is 17.8. The van der Waals surface area contributed by atoms with Crippen molar-refractivity contribution in [1.29, 1.82) is 0 Å². The molecule has 7 heteroatoms. The van der Waals surface area contributed by atoms with Crippen molar-refractivity contribution in [3.8, 4) is 0 Å². The molecule has 6 nitrogen and oxygen atoms in total. The zero-order chi connectivity index (χ0) is 15.4. The van der Waals surface area contributed by atoms with Crippen LogP contribution in [0.4, 0.5) is 4.79 Å². The lowest BCUT2D eigenvalue weighted by Gasteiger charge is -2.34. The van der Waals surface area contributed by atoms with Crippen molar-refractivity contribution in [3.05, 3.63) is 39.9 Å². The first-order valence-electron chi connectivity index (χ1n) is 7.40. The van der Waals surface area contributed by atoms with E-state index in [2.05, 4.69) is 32.9 Å². The third-order valence-corrected chi connectivity index (χ3v) is 4.57. The van der Waals surface area contributed by atoms with Crippen LogP contribution < -0.4 is 5.32 Å². The molecule has 3 heterocycles. The van der Waals surface area contributed by atoms with Crippen LogP contribution in [0.5, 0.6) is 0 Å². The minimum absolute atomic E-state index is 0.0372. The number of hydrogen-bond acceptors (Lipinski definition) is 5. The third-order valence-electron chi connectivity index (χ3n) is 3.71. The maximum atomic E-state index is 12.1. The van der Waals surface area contributed by atoms with Crippen LogP contribution in [0, 0.1) is 6.92 Å². The van der Waals surface area contributed by atoms with Gasteiger partial charge in [0.1, 0.15) is 0 Å². The average molecular weight is 320 g/mol. The lowest BCUT2D eigenvalue weighted by molar-refractivity contribution is 0.135. The van der Waals surface area contributed by atoms with Gasteiger partial charge in [0.15, 0.2) is 5.76 Å². The second-order valence-electron chi connectivity index (χ2n) is 5.44. The first-order chi connectivity index (χ1) is 10.7. The highest BCUT2D eigenvalue weighted by molar-refractivity contribution is 7.09. The molecule has 3 rings (SSSR count). The Bertz CT molecular complexity index is 603. The number of urea groups is 1. The van der Waals surface area contributed by atoms with Gasteiger partial charge in [-0.15, -0.1) is 11.3 Å². The lowest BCUT2D eigenvalue weighted by Crippen LogP contribution is -2.51. The predicted molar refractivity (Wildman–Crippen MR) is 84.6 cm³/mol. The smallest absolute Gasteiger partial charge is 0.317 e. The quantitative estimate of drug-likeness (QED) is 0.937. The van der Waals surface area contributed by atoms with Crippen molar-refractivity contribution in [3.63, 3.8) is 0 Å². The van der Waals surface area contributed by atoms with Gasteiger partial charge < -0.3 is 14.7 Å². The number of aromatic nitrogens is 1. The van der Waals surface area contributed by atoms with Gasteiger partial charge >= 0.3 is 6.03 Å². The second-order valence-corrected chi connectivity index (χ2v) is 6.47. The van der Waals surface area contributed by atoms with Gasteiger partial charge in [-0.1, -0.05) is 11.2 Å². The summed E-state index contributed by atoms with van der Waals surface area (Å²) in [5, 5.41) is 8.79. The van der Waals surface area contributed by atoms with E-state index in [-0.39, 0.29) is 6.03 Å². The van der Waals surface area contributed by atoms with Gasteiger partial charge in [0, 0.05) is 43.7 Å². The van der Waals surface area contributed by atoms with Gasteiger partial charge in [0.2, 0.25) is 0 Å². The number of hydrogen-bond donors (Lipinski definition) is 1. The molecule has 0 aliphatic carbocycles. The van der Waals surface area contributed by atoms with E-state index in [9.17, 15) is 4.79 Å². The Labute approximate surface area is 133 Å². The van der Waals surface area contributed by atoms with E-state index in [1.807, 2.05) is 17.9 Å². The highest BCUT2D eigenvalue weighted by Gasteiger charge is 2.21. The molecule has 22 heavy (non-hydrogen) atoms. The molecule has 0 spiro atoms. The maximum absolute atomic E-state index is 12.1. The number of piperazine rings is 1. The first-order valence-corrected chi connectivity index (χ1v) is 8.28. The van der Waals surface area contributed by atoms with E-state index in [1.165, 1.54) is 4.88 Å². The first kappa shape index (κ1) is 15.1. The van der Waals surface area contributed by atoms with Crippen LogP contribution in [-0.4, -0.2) is 47.2 Å². The molecule has 0 unspecified atom stereocenters. The molecule has 2 amide bonds. The molecule has 1 fully saturated rings. The highest BCUT2D eigenvalue weighted by atomic mass is 32.1. The Balaban J connectivity index is 1.41. The largest absolute Gasteiger partial charge is 0.359 e. The fourth-order valence-electron chi connectivity index (χ4n) is 2.51. The summed E-state index contributed by atoms with van der Waals surface area (Å²) < 4.78 is 5.09. The monoisotopic (exact) mass is 320 g/mol. The summed E-state index contributed by atoms with van der Waals surface area (Å²) in [5.74, 6) is 0.683. The molecule has 0 radical (unpaired) electrons. The molecule has 1 aliphatic heterocycles. The Morgan fingerprint density at radius 3 is 2.86 bits per heavy atom. The molecule has 0 atom stereocenters. The minimum Gasteiger partial charge on any atom is -0.359 e. The lowest BCUT2D eigenvalue weighted by atomic mass is 10.3. The van der Waals surface area contributed by atoms with Gasteiger partial charge in [-0.25, -0.2) is 4.79 Å². The average Bonchev–Trinajstić information content (AvgIpc) is 3.17. The minimum atomic E-state index is -0.0372. The molecular weight excluding hydrogens is 300 g/mol.